The molecule has 0 unspecified atom stereocenters. The molecule has 0 atom stereocenters. The number of aromatic carboxylic acids is 4. The van der Waals surface area contributed by atoms with E-state index in [2.05, 4.69) is 0 Å². The zero-order valence-corrected chi connectivity index (χ0v) is 15.7. The van der Waals surface area contributed by atoms with Gasteiger partial charge in [0.25, 0.3) is 0 Å². The average molecular weight is 421 g/mol. The molecule has 156 valence electrons. The molecule has 9 heteroatoms. The number of nitrogen functional groups attached to an aromatic ring is 1. The second-order valence-electron chi connectivity index (χ2n) is 6.66. The zero-order chi connectivity index (χ0) is 22.9. The van der Waals surface area contributed by atoms with E-state index in [4.69, 9.17) is 5.73 Å². The summed E-state index contributed by atoms with van der Waals surface area (Å²) in [7, 11) is 0. The molecule has 0 bridgehead atoms. The summed E-state index contributed by atoms with van der Waals surface area (Å²) < 4.78 is 0. The second-order valence-corrected chi connectivity index (χ2v) is 6.66. The first kappa shape index (κ1) is 21.1. The third-order valence-corrected chi connectivity index (χ3v) is 4.48. The fourth-order valence-corrected chi connectivity index (χ4v) is 3.07. The molecule has 3 aromatic rings. The van der Waals surface area contributed by atoms with Crippen molar-refractivity contribution in [3.05, 3.63) is 76.9 Å². The third kappa shape index (κ3) is 4.51. The van der Waals surface area contributed by atoms with Gasteiger partial charge in [0.2, 0.25) is 0 Å². The van der Waals surface area contributed by atoms with Gasteiger partial charge in [-0.05, 0) is 76.9 Å². The Labute approximate surface area is 174 Å². The summed E-state index contributed by atoms with van der Waals surface area (Å²) in [6.45, 7) is 0. The van der Waals surface area contributed by atoms with Gasteiger partial charge in [-0.15, -0.1) is 0 Å². The van der Waals surface area contributed by atoms with E-state index < -0.39 is 23.9 Å². The highest BCUT2D eigenvalue weighted by Crippen LogP contribution is 2.32. The van der Waals surface area contributed by atoms with Gasteiger partial charge in [0.15, 0.2) is 0 Å². The van der Waals surface area contributed by atoms with Crippen molar-refractivity contribution in [1.82, 2.24) is 0 Å². The maximum atomic E-state index is 11.4. The van der Waals surface area contributed by atoms with Crippen LogP contribution in [-0.2, 0) is 0 Å². The van der Waals surface area contributed by atoms with E-state index in [1.807, 2.05) is 0 Å². The molecular weight excluding hydrogens is 406 g/mol. The van der Waals surface area contributed by atoms with Crippen molar-refractivity contribution < 1.29 is 39.6 Å². The van der Waals surface area contributed by atoms with Crippen LogP contribution < -0.4 is 5.73 Å². The largest absolute Gasteiger partial charge is 0.478 e. The molecular formula is C22H15NO8. The standard InChI is InChI=1S/C22H15NO8/c23-18-8-12(10-2-14(19(24)25)6-15(3-10)20(26)27)1-13(9-18)11-4-16(21(28)29)7-17(5-11)22(30)31/h1-9H,23H2,(H,24,25)(H,26,27)(H,28,29)(H,30,31). The summed E-state index contributed by atoms with van der Waals surface area (Å²) >= 11 is 0. The van der Waals surface area contributed by atoms with Crippen molar-refractivity contribution >= 4 is 29.6 Å². The van der Waals surface area contributed by atoms with Gasteiger partial charge in [-0.3, -0.25) is 0 Å². The zero-order valence-electron chi connectivity index (χ0n) is 15.7. The Hall–Kier alpha value is -4.66. The number of rotatable bonds is 6. The highest BCUT2D eigenvalue weighted by molar-refractivity contribution is 5.98. The summed E-state index contributed by atoms with van der Waals surface area (Å²) in [5, 5.41) is 37.1. The van der Waals surface area contributed by atoms with Crippen molar-refractivity contribution in [1.29, 1.82) is 0 Å². The highest BCUT2D eigenvalue weighted by atomic mass is 16.4. The average Bonchev–Trinajstić information content (AvgIpc) is 2.72. The maximum absolute atomic E-state index is 11.4. The first-order valence-electron chi connectivity index (χ1n) is 8.70. The van der Waals surface area contributed by atoms with Gasteiger partial charge < -0.3 is 26.2 Å². The summed E-state index contributed by atoms with van der Waals surface area (Å²) in [4.78, 5) is 45.6. The first-order chi connectivity index (χ1) is 14.5. The lowest BCUT2D eigenvalue weighted by Gasteiger charge is -2.11. The van der Waals surface area contributed by atoms with Crippen molar-refractivity contribution in [3.63, 3.8) is 0 Å². The minimum absolute atomic E-state index is 0.225. The number of anilines is 1. The number of benzene rings is 3. The fourth-order valence-electron chi connectivity index (χ4n) is 3.07. The molecule has 31 heavy (non-hydrogen) atoms. The number of carboxylic acid groups (broad SMARTS) is 4. The van der Waals surface area contributed by atoms with Crippen LogP contribution >= 0.6 is 0 Å². The van der Waals surface area contributed by atoms with E-state index in [-0.39, 0.29) is 39.1 Å². The lowest BCUT2D eigenvalue weighted by atomic mass is 9.94. The molecule has 0 aliphatic rings. The lowest BCUT2D eigenvalue weighted by molar-refractivity contribution is 0.0676. The number of hydrogen-bond donors (Lipinski definition) is 5. The van der Waals surface area contributed by atoms with Crippen LogP contribution in [0.25, 0.3) is 22.3 Å². The topological polar surface area (TPSA) is 175 Å². The maximum Gasteiger partial charge on any atom is 0.335 e. The Kier molecular flexibility index (Phi) is 5.43. The van der Waals surface area contributed by atoms with E-state index in [1.54, 1.807) is 0 Å². The Morgan fingerprint density at radius 1 is 0.452 bits per heavy atom. The number of carboxylic acids is 4. The van der Waals surface area contributed by atoms with Crippen LogP contribution in [0, 0.1) is 0 Å². The Balaban J connectivity index is 2.23. The van der Waals surface area contributed by atoms with Gasteiger partial charge in [0.05, 0.1) is 22.3 Å². The molecule has 0 radical (unpaired) electrons. The summed E-state index contributed by atoms with van der Waals surface area (Å²) in [5.74, 6) is -5.25. The number of carbonyl (C=O) groups is 4. The van der Waals surface area contributed by atoms with Crippen LogP contribution in [0.2, 0.25) is 0 Å². The van der Waals surface area contributed by atoms with Crippen molar-refractivity contribution in [2.24, 2.45) is 0 Å². The Morgan fingerprint density at radius 2 is 0.710 bits per heavy atom. The van der Waals surface area contributed by atoms with Crippen LogP contribution in [0.4, 0.5) is 5.69 Å². The lowest BCUT2D eigenvalue weighted by Crippen LogP contribution is -2.04. The SMILES string of the molecule is Nc1cc(-c2cc(C(=O)O)cc(C(=O)O)c2)cc(-c2cc(C(=O)O)cc(C(=O)O)c2)c1. The van der Waals surface area contributed by atoms with Crippen molar-refractivity contribution in [2.45, 2.75) is 0 Å². The Morgan fingerprint density at radius 3 is 0.968 bits per heavy atom. The minimum atomic E-state index is -1.31. The second kappa shape index (κ2) is 7.99. The predicted octanol–water partition coefficient (Wildman–Crippen LogP) is 3.40. The quantitative estimate of drug-likeness (QED) is 0.373. The van der Waals surface area contributed by atoms with E-state index in [0.29, 0.717) is 11.1 Å². The van der Waals surface area contributed by atoms with E-state index in [1.165, 1.54) is 42.5 Å². The predicted molar refractivity (Wildman–Crippen MR) is 110 cm³/mol. The molecule has 0 aromatic heterocycles. The molecule has 6 N–H and O–H groups in total. The van der Waals surface area contributed by atoms with Gasteiger partial charge >= 0.3 is 23.9 Å². The van der Waals surface area contributed by atoms with Crippen molar-refractivity contribution in [2.75, 3.05) is 5.73 Å². The van der Waals surface area contributed by atoms with Gasteiger partial charge in [0, 0.05) is 5.69 Å². The van der Waals surface area contributed by atoms with Crippen LogP contribution in [0.1, 0.15) is 41.4 Å². The smallest absolute Gasteiger partial charge is 0.335 e. The monoisotopic (exact) mass is 421 g/mol. The number of nitrogens with two attached hydrogens (primary N) is 1. The molecule has 0 saturated carbocycles. The van der Waals surface area contributed by atoms with Gasteiger partial charge in [-0.2, -0.15) is 0 Å². The third-order valence-electron chi connectivity index (χ3n) is 4.48. The molecule has 0 heterocycles. The van der Waals surface area contributed by atoms with E-state index >= 15 is 0 Å². The minimum Gasteiger partial charge on any atom is -0.478 e. The summed E-state index contributed by atoms with van der Waals surface area (Å²) in [6, 6.07) is 11.7. The van der Waals surface area contributed by atoms with Crippen molar-refractivity contribution in [3.8, 4) is 22.3 Å². The molecule has 0 saturated heterocycles. The van der Waals surface area contributed by atoms with Crippen LogP contribution in [-0.4, -0.2) is 44.3 Å². The van der Waals surface area contributed by atoms with Crippen LogP contribution in [0.5, 0.6) is 0 Å². The van der Waals surface area contributed by atoms with Crippen LogP contribution in [0.3, 0.4) is 0 Å². The molecule has 3 rings (SSSR count). The van der Waals surface area contributed by atoms with E-state index in [9.17, 15) is 39.6 Å². The molecule has 9 nitrogen and oxygen atoms in total. The van der Waals surface area contributed by atoms with Gasteiger partial charge in [-0.1, -0.05) is 0 Å². The normalized spacial score (nSPS) is 10.5. The molecule has 0 fully saturated rings. The first-order valence-corrected chi connectivity index (χ1v) is 8.70. The van der Waals surface area contributed by atoms with Crippen LogP contribution in [0.15, 0.2) is 54.6 Å². The highest BCUT2D eigenvalue weighted by Gasteiger charge is 2.16. The van der Waals surface area contributed by atoms with Gasteiger partial charge in [-0.25, -0.2) is 19.2 Å². The fraction of sp³-hybridized carbons (Fsp3) is 0. The molecule has 0 amide bonds. The molecule has 0 aliphatic heterocycles. The number of hydrogen-bond acceptors (Lipinski definition) is 5. The molecule has 0 spiro atoms. The molecule has 3 aromatic carbocycles. The summed E-state index contributed by atoms with van der Waals surface area (Å²) in [6.07, 6.45) is 0. The van der Waals surface area contributed by atoms with E-state index in [0.717, 1.165) is 12.1 Å². The summed E-state index contributed by atoms with van der Waals surface area (Å²) in [5.41, 5.74) is 6.51. The Bertz CT molecular complexity index is 1100. The van der Waals surface area contributed by atoms with Gasteiger partial charge in [0.1, 0.15) is 0 Å². The molecule has 0 aliphatic carbocycles.